The maximum absolute atomic E-state index is 12.3. The van der Waals surface area contributed by atoms with Crippen molar-refractivity contribution in [1.29, 1.82) is 0 Å². The number of piperidine rings is 1. The summed E-state index contributed by atoms with van der Waals surface area (Å²) in [5, 5.41) is 0.647. The lowest BCUT2D eigenvalue weighted by Crippen LogP contribution is -2.45. The van der Waals surface area contributed by atoms with Crippen molar-refractivity contribution in [2.24, 2.45) is 0 Å². The Labute approximate surface area is 143 Å². The Kier molecular flexibility index (Phi) is 6.44. The second kappa shape index (κ2) is 8.13. The molecule has 0 atom stereocenters. The molecule has 1 aliphatic rings. The number of carbonyl (C=O) groups is 1. The van der Waals surface area contributed by atoms with Gasteiger partial charge in [0.15, 0.2) is 0 Å². The summed E-state index contributed by atoms with van der Waals surface area (Å²) in [5.41, 5.74) is 0.994. The molecule has 1 amide bonds. The summed E-state index contributed by atoms with van der Waals surface area (Å²) < 4.78 is 25.2. The van der Waals surface area contributed by atoms with Crippen molar-refractivity contribution in [3.05, 3.63) is 34.9 Å². The Morgan fingerprint density at radius 3 is 2.35 bits per heavy atom. The van der Waals surface area contributed by atoms with Gasteiger partial charge in [0.2, 0.25) is 15.9 Å². The van der Waals surface area contributed by atoms with Crippen LogP contribution in [-0.2, 0) is 21.2 Å². The quantitative estimate of drug-likeness (QED) is 0.783. The SMILES string of the molecule is CS(=O)(=O)N(CCc1ccc(Cl)cc1)CC(=O)N1CCCCC1. The number of likely N-dealkylation sites (tertiary alicyclic amines) is 1. The Balaban J connectivity index is 1.96. The van der Waals surface area contributed by atoms with Gasteiger partial charge in [-0.1, -0.05) is 23.7 Å². The molecule has 2 rings (SSSR count). The third kappa shape index (κ3) is 5.79. The minimum Gasteiger partial charge on any atom is -0.342 e. The van der Waals surface area contributed by atoms with Gasteiger partial charge in [0.05, 0.1) is 12.8 Å². The van der Waals surface area contributed by atoms with Crippen LogP contribution in [0.1, 0.15) is 24.8 Å². The number of hydrogen-bond donors (Lipinski definition) is 0. The zero-order chi connectivity index (χ0) is 16.9. The van der Waals surface area contributed by atoms with Gasteiger partial charge in [-0.15, -0.1) is 0 Å². The van der Waals surface area contributed by atoms with Crippen molar-refractivity contribution in [3.63, 3.8) is 0 Å². The molecule has 0 N–H and O–H groups in total. The van der Waals surface area contributed by atoms with Gasteiger partial charge in [-0.2, -0.15) is 4.31 Å². The van der Waals surface area contributed by atoms with E-state index in [-0.39, 0.29) is 12.5 Å². The third-order valence-corrected chi connectivity index (χ3v) is 5.55. The van der Waals surface area contributed by atoms with E-state index in [1.54, 1.807) is 17.0 Å². The third-order valence-electron chi connectivity index (χ3n) is 4.05. The van der Waals surface area contributed by atoms with Crippen molar-refractivity contribution < 1.29 is 13.2 Å². The average molecular weight is 359 g/mol. The fraction of sp³-hybridized carbons (Fsp3) is 0.562. The number of carbonyl (C=O) groups excluding carboxylic acids is 1. The summed E-state index contributed by atoms with van der Waals surface area (Å²) in [7, 11) is -3.42. The van der Waals surface area contributed by atoms with E-state index in [1.807, 2.05) is 12.1 Å². The first-order valence-corrected chi connectivity index (χ1v) is 10.1. The number of rotatable bonds is 6. The van der Waals surface area contributed by atoms with Crippen LogP contribution in [-0.4, -0.2) is 56.0 Å². The first-order chi connectivity index (χ1) is 10.9. The highest BCUT2D eigenvalue weighted by molar-refractivity contribution is 7.88. The average Bonchev–Trinajstić information content (AvgIpc) is 2.52. The highest BCUT2D eigenvalue weighted by Crippen LogP contribution is 2.13. The zero-order valence-electron chi connectivity index (χ0n) is 13.4. The van der Waals surface area contributed by atoms with E-state index >= 15 is 0 Å². The first kappa shape index (κ1) is 18.2. The Morgan fingerprint density at radius 2 is 1.78 bits per heavy atom. The molecule has 0 aromatic heterocycles. The molecule has 1 heterocycles. The van der Waals surface area contributed by atoms with Gasteiger partial charge in [0, 0.05) is 24.7 Å². The number of halogens is 1. The molecule has 1 aliphatic heterocycles. The standard InChI is InChI=1S/C16H23ClN2O3S/c1-23(21,22)19(12-9-14-5-7-15(17)8-6-14)13-16(20)18-10-3-2-4-11-18/h5-8H,2-4,9-13H2,1H3. The van der Waals surface area contributed by atoms with Gasteiger partial charge >= 0.3 is 0 Å². The minimum absolute atomic E-state index is 0.0770. The van der Waals surface area contributed by atoms with Gasteiger partial charge in [0.25, 0.3) is 0 Å². The van der Waals surface area contributed by atoms with E-state index in [2.05, 4.69) is 0 Å². The highest BCUT2D eigenvalue weighted by atomic mass is 35.5. The van der Waals surface area contributed by atoms with E-state index in [0.717, 1.165) is 44.2 Å². The van der Waals surface area contributed by atoms with Crippen molar-refractivity contribution in [3.8, 4) is 0 Å². The van der Waals surface area contributed by atoms with Crippen LogP contribution in [0.5, 0.6) is 0 Å². The summed E-state index contributed by atoms with van der Waals surface area (Å²) in [5.74, 6) is -0.105. The largest absolute Gasteiger partial charge is 0.342 e. The van der Waals surface area contributed by atoms with Crippen LogP contribution in [0.2, 0.25) is 5.02 Å². The van der Waals surface area contributed by atoms with Crippen molar-refractivity contribution in [2.45, 2.75) is 25.7 Å². The molecule has 128 valence electrons. The number of nitrogens with zero attached hydrogens (tertiary/aromatic N) is 2. The van der Waals surface area contributed by atoms with Crippen LogP contribution in [0.25, 0.3) is 0 Å². The fourth-order valence-electron chi connectivity index (χ4n) is 2.66. The number of hydrogen-bond acceptors (Lipinski definition) is 3. The fourth-order valence-corrected chi connectivity index (χ4v) is 3.56. The van der Waals surface area contributed by atoms with Crippen LogP contribution in [0.3, 0.4) is 0 Å². The van der Waals surface area contributed by atoms with Gasteiger partial charge in [0.1, 0.15) is 0 Å². The minimum atomic E-state index is -3.42. The summed E-state index contributed by atoms with van der Waals surface area (Å²) >= 11 is 5.85. The van der Waals surface area contributed by atoms with Crippen LogP contribution < -0.4 is 0 Å². The van der Waals surface area contributed by atoms with E-state index in [9.17, 15) is 13.2 Å². The molecule has 0 radical (unpaired) electrons. The lowest BCUT2D eigenvalue weighted by Gasteiger charge is -2.29. The maximum Gasteiger partial charge on any atom is 0.237 e. The van der Waals surface area contributed by atoms with Gasteiger partial charge < -0.3 is 4.90 Å². The van der Waals surface area contributed by atoms with Gasteiger partial charge in [-0.25, -0.2) is 8.42 Å². The van der Waals surface area contributed by atoms with Crippen molar-refractivity contribution in [1.82, 2.24) is 9.21 Å². The molecular formula is C16H23ClN2O3S. The Morgan fingerprint density at radius 1 is 1.17 bits per heavy atom. The second-order valence-corrected chi connectivity index (χ2v) is 8.33. The zero-order valence-corrected chi connectivity index (χ0v) is 14.9. The normalized spacial score (nSPS) is 15.9. The molecule has 0 saturated carbocycles. The van der Waals surface area contributed by atoms with Crippen molar-refractivity contribution in [2.75, 3.05) is 32.4 Å². The smallest absolute Gasteiger partial charge is 0.237 e. The first-order valence-electron chi connectivity index (χ1n) is 7.83. The molecule has 1 saturated heterocycles. The van der Waals surface area contributed by atoms with Crippen LogP contribution in [0.4, 0.5) is 0 Å². The molecule has 23 heavy (non-hydrogen) atoms. The number of sulfonamides is 1. The molecule has 0 spiro atoms. The molecule has 0 bridgehead atoms. The topological polar surface area (TPSA) is 57.7 Å². The van der Waals surface area contributed by atoms with E-state index in [0.29, 0.717) is 18.0 Å². The molecule has 0 unspecified atom stereocenters. The van der Waals surface area contributed by atoms with E-state index < -0.39 is 10.0 Å². The summed E-state index contributed by atoms with van der Waals surface area (Å²) in [6.07, 6.45) is 4.83. The van der Waals surface area contributed by atoms with Crippen molar-refractivity contribution >= 4 is 27.5 Å². The molecule has 7 heteroatoms. The monoisotopic (exact) mass is 358 g/mol. The Hall–Kier alpha value is -1.11. The second-order valence-electron chi connectivity index (χ2n) is 5.91. The highest BCUT2D eigenvalue weighted by Gasteiger charge is 2.24. The molecule has 1 fully saturated rings. The maximum atomic E-state index is 12.3. The number of amides is 1. The van der Waals surface area contributed by atoms with Gasteiger partial charge in [-0.3, -0.25) is 4.79 Å². The lowest BCUT2D eigenvalue weighted by molar-refractivity contribution is -0.132. The lowest BCUT2D eigenvalue weighted by atomic mass is 10.1. The summed E-state index contributed by atoms with van der Waals surface area (Å²) in [6.45, 7) is 1.67. The molecule has 1 aromatic rings. The van der Waals surface area contributed by atoms with Crippen LogP contribution >= 0.6 is 11.6 Å². The number of benzene rings is 1. The predicted molar refractivity (Wildman–Crippen MR) is 92.0 cm³/mol. The Bertz CT molecular complexity index is 625. The van der Waals surface area contributed by atoms with Crippen LogP contribution in [0, 0.1) is 0 Å². The summed E-state index contributed by atoms with van der Waals surface area (Å²) in [4.78, 5) is 14.1. The van der Waals surface area contributed by atoms with E-state index in [4.69, 9.17) is 11.6 Å². The van der Waals surface area contributed by atoms with Crippen LogP contribution in [0.15, 0.2) is 24.3 Å². The molecular weight excluding hydrogens is 336 g/mol. The summed E-state index contributed by atoms with van der Waals surface area (Å²) in [6, 6.07) is 7.30. The predicted octanol–water partition coefficient (Wildman–Crippen LogP) is 2.16. The van der Waals surface area contributed by atoms with E-state index in [1.165, 1.54) is 4.31 Å². The molecule has 5 nitrogen and oxygen atoms in total. The molecule has 0 aliphatic carbocycles. The van der Waals surface area contributed by atoms with Gasteiger partial charge in [-0.05, 0) is 43.4 Å². The molecule has 1 aromatic carbocycles.